The topological polar surface area (TPSA) is 128 Å². The highest BCUT2D eigenvalue weighted by Gasteiger charge is 2.33. The Balaban J connectivity index is 2.35. The molecule has 27 heavy (non-hydrogen) atoms. The number of rotatable bonds is 8. The molecule has 1 aliphatic rings. The van der Waals surface area contributed by atoms with Gasteiger partial charge in [0.15, 0.2) is 11.5 Å². The van der Waals surface area contributed by atoms with Gasteiger partial charge in [-0.2, -0.15) is 0 Å². The first-order chi connectivity index (χ1) is 12.9. The van der Waals surface area contributed by atoms with Crippen LogP contribution in [0.2, 0.25) is 0 Å². The maximum Gasteiger partial charge on any atom is 0.308 e. The van der Waals surface area contributed by atoms with E-state index in [1.54, 1.807) is 0 Å². The predicted molar refractivity (Wildman–Crippen MR) is 93.3 cm³/mol. The molecule has 1 N–H and O–H groups in total. The van der Waals surface area contributed by atoms with Crippen LogP contribution in [0.5, 0.6) is 11.5 Å². The van der Waals surface area contributed by atoms with Gasteiger partial charge in [-0.3, -0.25) is 19.7 Å². The van der Waals surface area contributed by atoms with Gasteiger partial charge in [0, 0.05) is 26.3 Å². The lowest BCUT2D eigenvalue weighted by Crippen LogP contribution is -2.42. The van der Waals surface area contributed by atoms with E-state index in [-0.39, 0.29) is 36.8 Å². The van der Waals surface area contributed by atoms with Crippen LogP contribution in [0.3, 0.4) is 0 Å². The quantitative estimate of drug-likeness (QED) is 0.407. The number of methoxy groups -OCH3 is 2. The van der Waals surface area contributed by atoms with E-state index >= 15 is 0 Å². The molecule has 1 aliphatic heterocycles. The number of carbonyl (C=O) groups excluding carboxylic acids is 1. The highest BCUT2D eigenvalue weighted by atomic mass is 16.6. The van der Waals surface area contributed by atoms with Gasteiger partial charge in [-0.15, -0.1) is 0 Å². The van der Waals surface area contributed by atoms with E-state index in [2.05, 4.69) is 0 Å². The molecular formula is C17H22N2O8. The number of piperidine rings is 1. The number of nitrogens with zero attached hydrogens (tertiary/aromatic N) is 2. The zero-order valence-corrected chi connectivity index (χ0v) is 15.2. The summed E-state index contributed by atoms with van der Waals surface area (Å²) in [7, 11) is 2.85. The Morgan fingerprint density at radius 3 is 2.63 bits per heavy atom. The van der Waals surface area contributed by atoms with Crippen LogP contribution in [0.1, 0.15) is 23.2 Å². The summed E-state index contributed by atoms with van der Waals surface area (Å²) < 4.78 is 15.5. The predicted octanol–water partition coefficient (Wildman–Crippen LogP) is 1.57. The number of nitro benzene ring substituents is 1. The molecule has 10 nitrogen and oxygen atoms in total. The lowest BCUT2D eigenvalue weighted by Gasteiger charge is -2.30. The van der Waals surface area contributed by atoms with Crippen molar-refractivity contribution in [2.24, 2.45) is 5.92 Å². The van der Waals surface area contributed by atoms with Crippen molar-refractivity contribution in [2.45, 2.75) is 12.8 Å². The molecular weight excluding hydrogens is 360 g/mol. The summed E-state index contributed by atoms with van der Waals surface area (Å²) in [6.07, 6.45) is 0.989. The summed E-state index contributed by atoms with van der Waals surface area (Å²) in [5.74, 6) is -1.97. The molecule has 0 unspecified atom stereocenters. The van der Waals surface area contributed by atoms with Crippen molar-refractivity contribution < 1.29 is 33.8 Å². The minimum Gasteiger partial charge on any atom is -0.493 e. The highest BCUT2D eigenvalue weighted by molar-refractivity contribution is 5.99. The Hall–Kier alpha value is -2.88. The van der Waals surface area contributed by atoms with Gasteiger partial charge >= 0.3 is 5.97 Å². The van der Waals surface area contributed by atoms with Crippen molar-refractivity contribution >= 4 is 17.6 Å². The first kappa shape index (κ1) is 20.4. The molecule has 1 heterocycles. The van der Waals surface area contributed by atoms with Crippen LogP contribution in [0.15, 0.2) is 12.1 Å². The second-order valence-electron chi connectivity index (χ2n) is 6.05. The SMILES string of the molecule is COCCOc1cc([N+](=O)[O-])c(C(=O)N2CCC[C@H](C(=O)O)C2)cc1OC. The fraction of sp³-hybridized carbons (Fsp3) is 0.529. The molecule has 0 radical (unpaired) electrons. The van der Waals surface area contributed by atoms with Gasteiger partial charge in [0.1, 0.15) is 12.2 Å². The molecule has 1 aromatic rings. The van der Waals surface area contributed by atoms with E-state index in [1.165, 1.54) is 25.2 Å². The van der Waals surface area contributed by atoms with E-state index in [9.17, 15) is 24.8 Å². The summed E-state index contributed by atoms with van der Waals surface area (Å²) in [4.78, 5) is 36.2. The van der Waals surface area contributed by atoms with E-state index in [0.717, 1.165) is 6.07 Å². The van der Waals surface area contributed by atoms with Gasteiger partial charge in [-0.25, -0.2) is 0 Å². The molecule has 0 spiro atoms. The summed E-state index contributed by atoms with van der Waals surface area (Å²) in [6, 6.07) is 2.40. The third-order valence-corrected chi connectivity index (χ3v) is 4.31. The average Bonchev–Trinajstić information content (AvgIpc) is 2.67. The van der Waals surface area contributed by atoms with E-state index in [1.807, 2.05) is 0 Å². The lowest BCUT2D eigenvalue weighted by molar-refractivity contribution is -0.385. The van der Waals surface area contributed by atoms with E-state index in [4.69, 9.17) is 14.2 Å². The van der Waals surface area contributed by atoms with Crippen molar-refractivity contribution in [3.63, 3.8) is 0 Å². The standard InChI is InChI=1S/C17H22N2O8/c1-25-6-7-27-15-9-13(19(23)24)12(8-14(15)26-2)16(20)18-5-3-4-11(10-18)17(21)22/h8-9,11H,3-7,10H2,1-2H3,(H,21,22)/t11-/m0/s1. The molecule has 1 fully saturated rings. The normalized spacial score (nSPS) is 16.7. The van der Waals surface area contributed by atoms with Crippen molar-refractivity contribution in [3.05, 3.63) is 27.8 Å². The molecule has 1 amide bonds. The molecule has 148 valence electrons. The van der Waals surface area contributed by atoms with Gasteiger partial charge in [-0.1, -0.05) is 0 Å². The summed E-state index contributed by atoms with van der Waals surface area (Å²) in [5.41, 5.74) is -0.590. The second kappa shape index (κ2) is 9.17. The minimum absolute atomic E-state index is 0.0136. The van der Waals surface area contributed by atoms with Gasteiger partial charge < -0.3 is 24.2 Å². The van der Waals surface area contributed by atoms with Crippen LogP contribution in [0.4, 0.5) is 5.69 Å². The van der Waals surface area contributed by atoms with E-state index in [0.29, 0.717) is 19.4 Å². The Morgan fingerprint density at radius 1 is 1.30 bits per heavy atom. The number of aliphatic carboxylic acids is 1. The number of amides is 1. The number of hydrogen-bond donors (Lipinski definition) is 1. The monoisotopic (exact) mass is 382 g/mol. The zero-order chi connectivity index (χ0) is 20.0. The molecule has 10 heteroatoms. The molecule has 2 rings (SSSR count). The Morgan fingerprint density at radius 2 is 2.04 bits per heavy atom. The molecule has 0 bridgehead atoms. The molecule has 1 aromatic carbocycles. The Labute approximate surface area is 155 Å². The van der Waals surface area contributed by atoms with Crippen LogP contribution in [0, 0.1) is 16.0 Å². The van der Waals surface area contributed by atoms with Gasteiger partial charge in [0.25, 0.3) is 11.6 Å². The van der Waals surface area contributed by atoms with Gasteiger partial charge in [0.05, 0.1) is 30.6 Å². The Bertz CT molecular complexity index is 721. The molecule has 1 saturated heterocycles. The smallest absolute Gasteiger partial charge is 0.308 e. The summed E-state index contributed by atoms with van der Waals surface area (Å²) in [5, 5.41) is 20.7. The number of likely N-dealkylation sites (tertiary alicyclic amines) is 1. The van der Waals surface area contributed by atoms with Crippen molar-refractivity contribution in [2.75, 3.05) is 40.5 Å². The number of nitro groups is 1. The van der Waals surface area contributed by atoms with Crippen molar-refractivity contribution in [1.29, 1.82) is 0 Å². The maximum absolute atomic E-state index is 12.8. The zero-order valence-electron chi connectivity index (χ0n) is 15.2. The number of carboxylic acid groups (broad SMARTS) is 1. The molecule has 0 aliphatic carbocycles. The number of hydrogen-bond acceptors (Lipinski definition) is 7. The minimum atomic E-state index is -0.985. The van der Waals surface area contributed by atoms with Gasteiger partial charge in [0.2, 0.25) is 0 Å². The molecule has 0 saturated carbocycles. The highest BCUT2D eigenvalue weighted by Crippen LogP contribution is 2.36. The number of benzene rings is 1. The largest absolute Gasteiger partial charge is 0.493 e. The van der Waals surface area contributed by atoms with Crippen LogP contribution in [-0.4, -0.2) is 67.3 Å². The number of ether oxygens (including phenoxy) is 3. The molecule has 0 aromatic heterocycles. The van der Waals surface area contributed by atoms with Crippen LogP contribution >= 0.6 is 0 Å². The maximum atomic E-state index is 12.8. The summed E-state index contributed by atoms with van der Waals surface area (Å²) >= 11 is 0. The first-order valence-electron chi connectivity index (χ1n) is 8.39. The first-order valence-corrected chi connectivity index (χ1v) is 8.39. The van der Waals surface area contributed by atoms with E-state index < -0.39 is 28.4 Å². The average molecular weight is 382 g/mol. The van der Waals surface area contributed by atoms with Crippen LogP contribution in [0.25, 0.3) is 0 Å². The van der Waals surface area contributed by atoms with Crippen molar-refractivity contribution in [3.8, 4) is 11.5 Å². The van der Waals surface area contributed by atoms with Crippen molar-refractivity contribution in [1.82, 2.24) is 4.90 Å². The third kappa shape index (κ3) is 4.85. The number of carbonyl (C=O) groups is 2. The summed E-state index contributed by atoms with van der Waals surface area (Å²) in [6.45, 7) is 0.791. The molecule has 1 atom stereocenters. The van der Waals surface area contributed by atoms with Crippen LogP contribution < -0.4 is 9.47 Å². The number of carboxylic acids is 1. The fourth-order valence-corrected chi connectivity index (χ4v) is 2.91. The fourth-order valence-electron chi connectivity index (χ4n) is 2.91. The van der Waals surface area contributed by atoms with Crippen LogP contribution in [-0.2, 0) is 9.53 Å². The Kier molecular flexibility index (Phi) is 6.94. The second-order valence-corrected chi connectivity index (χ2v) is 6.05. The van der Waals surface area contributed by atoms with Gasteiger partial charge in [-0.05, 0) is 12.8 Å². The lowest BCUT2D eigenvalue weighted by atomic mass is 9.97. The third-order valence-electron chi connectivity index (χ3n) is 4.31.